The molecule has 0 aliphatic heterocycles. The second-order valence-corrected chi connectivity index (χ2v) is 6.37. The van der Waals surface area contributed by atoms with E-state index in [4.69, 9.17) is 10.00 Å². The predicted octanol–water partition coefficient (Wildman–Crippen LogP) is 4.62. The van der Waals surface area contributed by atoms with Gasteiger partial charge in [-0.3, -0.25) is 4.79 Å². The standard InChI is InChI=1S/C21H20N4O3/c1-4-25-18-10-5-13(2)11-17(18)19(21(25)27)23-24-20(26)14(3)28-16-8-6-15(12-22)7-9-16/h5-11,14,27H,4H2,1-3H3/t14-/m1/s1. The van der Waals surface area contributed by atoms with Crippen LogP contribution in [0.4, 0.5) is 5.69 Å². The quantitative estimate of drug-likeness (QED) is 0.656. The van der Waals surface area contributed by atoms with Crippen molar-refractivity contribution in [3.05, 3.63) is 53.6 Å². The molecule has 0 unspecified atom stereocenters. The third kappa shape index (κ3) is 3.71. The Morgan fingerprint density at radius 1 is 1.29 bits per heavy atom. The van der Waals surface area contributed by atoms with E-state index >= 15 is 0 Å². The average molecular weight is 376 g/mol. The number of carbonyl (C=O) groups is 1. The number of rotatable bonds is 5. The van der Waals surface area contributed by atoms with E-state index in [1.54, 1.807) is 35.8 Å². The first-order valence-electron chi connectivity index (χ1n) is 8.88. The van der Waals surface area contributed by atoms with Crippen LogP contribution in [0.15, 0.2) is 52.7 Å². The lowest BCUT2D eigenvalue weighted by Crippen LogP contribution is -2.21. The highest BCUT2D eigenvalue weighted by Gasteiger charge is 2.18. The maximum Gasteiger partial charge on any atom is 0.304 e. The molecule has 28 heavy (non-hydrogen) atoms. The van der Waals surface area contributed by atoms with Gasteiger partial charge >= 0.3 is 5.91 Å². The number of amides is 1. The van der Waals surface area contributed by atoms with Crippen LogP contribution >= 0.6 is 0 Å². The second-order valence-electron chi connectivity index (χ2n) is 6.37. The van der Waals surface area contributed by atoms with Crippen LogP contribution in [-0.2, 0) is 11.3 Å². The molecule has 2 aromatic carbocycles. The summed E-state index contributed by atoms with van der Waals surface area (Å²) in [6.45, 7) is 5.99. The molecule has 0 bridgehead atoms. The number of nitriles is 1. The lowest BCUT2D eigenvalue weighted by Gasteiger charge is -2.10. The van der Waals surface area contributed by atoms with E-state index in [2.05, 4.69) is 10.2 Å². The molecule has 0 saturated heterocycles. The van der Waals surface area contributed by atoms with Gasteiger partial charge in [0.2, 0.25) is 5.88 Å². The summed E-state index contributed by atoms with van der Waals surface area (Å²) in [5, 5.41) is 27.8. The van der Waals surface area contributed by atoms with Gasteiger partial charge in [-0.15, -0.1) is 10.2 Å². The predicted molar refractivity (Wildman–Crippen MR) is 105 cm³/mol. The van der Waals surface area contributed by atoms with Crippen molar-refractivity contribution in [3.63, 3.8) is 0 Å². The highest BCUT2D eigenvalue weighted by Crippen LogP contribution is 2.39. The highest BCUT2D eigenvalue weighted by atomic mass is 16.5. The minimum absolute atomic E-state index is 0.0275. The minimum Gasteiger partial charge on any atom is -0.493 e. The lowest BCUT2D eigenvalue weighted by molar-refractivity contribution is -0.124. The normalized spacial score (nSPS) is 12.2. The Morgan fingerprint density at radius 2 is 2.00 bits per heavy atom. The number of fused-ring (bicyclic) bond motifs is 1. The summed E-state index contributed by atoms with van der Waals surface area (Å²) < 4.78 is 7.26. The molecule has 0 aliphatic carbocycles. The van der Waals surface area contributed by atoms with Crippen molar-refractivity contribution in [3.8, 4) is 17.7 Å². The summed E-state index contributed by atoms with van der Waals surface area (Å²) in [6.07, 6.45) is -0.861. The summed E-state index contributed by atoms with van der Waals surface area (Å²) in [7, 11) is 0. The van der Waals surface area contributed by atoms with E-state index in [1.165, 1.54) is 0 Å². The highest BCUT2D eigenvalue weighted by molar-refractivity contribution is 5.95. The zero-order chi connectivity index (χ0) is 20.3. The number of hydrogen-bond acceptors (Lipinski definition) is 5. The number of benzene rings is 2. The van der Waals surface area contributed by atoms with Crippen molar-refractivity contribution in [1.29, 1.82) is 5.26 Å². The van der Waals surface area contributed by atoms with Crippen LogP contribution in [-0.4, -0.2) is 21.7 Å². The zero-order valence-corrected chi connectivity index (χ0v) is 15.9. The van der Waals surface area contributed by atoms with E-state index in [-0.39, 0.29) is 11.6 Å². The Bertz CT molecular complexity index is 1090. The van der Waals surface area contributed by atoms with E-state index in [0.717, 1.165) is 16.5 Å². The first kappa shape index (κ1) is 19.1. The Morgan fingerprint density at radius 3 is 2.64 bits per heavy atom. The van der Waals surface area contributed by atoms with E-state index < -0.39 is 12.0 Å². The summed E-state index contributed by atoms with van der Waals surface area (Å²) >= 11 is 0. The van der Waals surface area contributed by atoms with Gasteiger partial charge < -0.3 is 14.4 Å². The van der Waals surface area contributed by atoms with Crippen LogP contribution < -0.4 is 4.74 Å². The molecule has 142 valence electrons. The molecule has 1 atom stereocenters. The lowest BCUT2D eigenvalue weighted by atomic mass is 10.1. The average Bonchev–Trinajstić information content (AvgIpc) is 2.96. The fourth-order valence-corrected chi connectivity index (χ4v) is 2.90. The Labute approximate surface area is 162 Å². The number of aromatic nitrogens is 1. The van der Waals surface area contributed by atoms with Gasteiger partial charge in [0.1, 0.15) is 5.75 Å². The largest absolute Gasteiger partial charge is 0.493 e. The molecule has 1 aromatic heterocycles. The number of nitrogens with zero attached hydrogens (tertiary/aromatic N) is 4. The van der Waals surface area contributed by atoms with Gasteiger partial charge in [-0.2, -0.15) is 5.26 Å². The SMILES string of the molecule is CCn1c(O)c(N=NC(=O)[C@@H](C)Oc2ccc(C#N)cc2)c2cc(C)ccc21. The van der Waals surface area contributed by atoms with E-state index in [9.17, 15) is 9.90 Å². The monoisotopic (exact) mass is 376 g/mol. The molecule has 1 heterocycles. The van der Waals surface area contributed by atoms with Crippen molar-refractivity contribution in [1.82, 2.24) is 4.57 Å². The van der Waals surface area contributed by atoms with E-state index in [0.29, 0.717) is 17.9 Å². The molecule has 0 radical (unpaired) electrons. The number of hydrogen-bond donors (Lipinski definition) is 1. The Hall–Kier alpha value is -3.66. The fraction of sp³-hybridized carbons (Fsp3) is 0.238. The van der Waals surface area contributed by atoms with Crippen molar-refractivity contribution in [2.75, 3.05) is 0 Å². The van der Waals surface area contributed by atoms with Gasteiger partial charge in [0.15, 0.2) is 11.8 Å². The third-order valence-electron chi connectivity index (χ3n) is 4.37. The van der Waals surface area contributed by atoms with Crippen LogP contribution in [0.25, 0.3) is 10.9 Å². The molecular weight excluding hydrogens is 356 g/mol. The van der Waals surface area contributed by atoms with Crippen molar-refractivity contribution < 1.29 is 14.6 Å². The van der Waals surface area contributed by atoms with Gasteiger partial charge in [-0.1, -0.05) is 11.6 Å². The zero-order valence-electron chi connectivity index (χ0n) is 15.9. The molecule has 0 saturated carbocycles. The van der Waals surface area contributed by atoms with Gasteiger partial charge in [0, 0.05) is 11.9 Å². The molecule has 3 aromatic rings. The molecule has 1 N–H and O–H groups in total. The number of aryl methyl sites for hydroxylation is 2. The van der Waals surface area contributed by atoms with Crippen LogP contribution in [0.3, 0.4) is 0 Å². The molecule has 1 amide bonds. The third-order valence-corrected chi connectivity index (χ3v) is 4.37. The first-order valence-corrected chi connectivity index (χ1v) is 8.88. The summed E-state index contributed by atoms with van der Waals surface area (Å²) in [6, 6.07) is 14.2. The summed E-state index contributed by atoms with van der Waals surface area (Å²) in [4.78, 5) is 12.3. The number of carbonyl (C=O) groups excluding carboxylic acids is 1. The topological polar surface area (TPSA) is 100.0 Å². The molecule has 7 nitrogen and oxygen atoms in total. The van der Waals surface area contributed by atoms with Crippen molar-refractivity contribution >= 4 is 22.5 Å². The molecule has 7 heteroatoms. The van der Waals surface area contributed by atoms with Gasteiger partial charge in [0.25, 0.3) is 0 Å². The molecule has 0 aliphatic rings. The summed E-state index contributed by atoms with van der Waals surface area (Å²) in [5.41, 5.74) is 2.61. The van der Waals surface area contributed by atoms with Gasteiger partial charge in [-0.25, -0.2) is 0 Å². The number of azo groups is 1. The Balaban J connectivity index is 1.82. The van der Waals surface area contributed by atoms with Crippen LogP contribution in [0.5, 0.6) is 11.6 Å². The molecular formula is C21H20N4O3. The summed E-state index contributed by atoms with van der Waals surface area (Å²) in [5.74, 6) is -0.148. The van der Waals surface area contributed by atoms with Gasteiger partial charge in [-0.05, 0) is 57.2 Å². The minimum atomic E-state index is -0.861. The van der Waals surface area contributed by atoms with Gasteiger partial charge in [0.05, 0.1) is 17.1 Å². The number of aromatic hydroxyl groups is 1. The van der Waals surface area contributed by atoms with Crippen molar-refractivity contribution in [2.24, 2.45) is 10.2 Å². The van der Waals surface area contributed by atoms with Crippen molar-refractivity contribution in [2.45, 2.75) is 33.4 Å². The molecule has 0 fully saturated rings. The number of ether oxygens (including phenoxy) is 1. The second kappa shape index (κ2) is 7.92. The molecule has 0 spiro atoms. The van der Waals surface area contributed by atoms with Crippen LogP contribution in [0, 0.1) is 18.3 Å². The van der Waals surface area contributed by atoms with Crippen LogP contribution in [0.1, 0.15) is 25.0 Å². The van der Waals surface area contributed by atoms with E-state index in [1.807, 2.05) is 38.1 Å². The molecule has 3 rings (SSSR count). The maximum atomic E-state index is 12.3. The fourth-order valence-electron chi connectivity index (χ4n) is 2.90. The maximum absolute atomic E-state index is 12.3. The van der Waals surface area contributed by atoms with Crippen LogP contribution in [0.2, 0.25) is 0 Å². The first-order chi connectivity index (χ1) is 13.4. The smallest absolute Gasteiger partial charge is 0.304 e. The Kier molecular flexibility index (Phi) is 5.41.